The molecule has 6 heteroatoms. The summed E-state index contributed by atoms with van der Waals surface area (Å²) in [6.45, 7) is 2.90. The van der Waals surface area contributed by atoms with E-state index in [2.05, 4.69) is 9.88 Å². The highest BCUT2D eigenvalue weighted by Crippen LogP contribution is 2.28. The molecule has 0 spiro atoms. The van der Waals surface area contributed by atoms with Gasteiger partial charge in [0.05, 0.1) is 15.6 Å². The van der Waals surface area contributed by atoms with E-state index >= 15 is 0 Å². The Balaban J connectivity index is 2.06. The maximum atomic E-state index is 10.7. The van der Waals surface area contributed by atoms with Crippen LogP contribution in [0.2, 0.25) is 10.0 Å². The van der Waals surface area contributed by atoms with Gasteiger partial charge in [0, 0.05) is 37.6 Å². The van der Waals surface area contributed by atoms with E-state index in [9.17, 15) is 5.11 Å². The fourth-order valence-electron chi connectivity index (χ4n) is 2.87. The van der Waals surface area contributed by atoms with Crippen LogP contribution in [0, 0.1) is 0 Å². The lowest BCUT2D eigenvalue weighted by molar-refractivity contribution is -0.0479. The molecule has 0 radical (unpaired) electrons. The monoisotopic (exact) mass is 317 g/mol. The molecule has 4 nitrogen and oxygen atoms in total. The Hall–Kier alpha value is -0.390. The number of aromatic nitrogens is 1. The molecule has 0 aromatic carbocycles. The molecule has 0 bridgehead atoms. The summed E-state index contributed by atoms with van der Waals surface area (Å²) < 4.78 is 0. The second-order valence-electron chi connectivity index (χ2n) is 5.86. The molecule has 1 aliphatic rings. The SMILES string of the molecule is CN(C)C[C@@]1(O)CCCN(Cc2c(Cl)cncc2Cl)C1. The largest absolute Gasteiger partial charge is 0.387 e. The van der Waals surface area contributed by atoms with Gasteiger partial charge in [-0.05, 0) is 33.5 Å². The zero-order chi connectivity index (χ0) is 14.8. The molecule has 1 aromatic rings. The number of nitrogens with zero attached hydrogens (tertiary/aromatic N) is 3. The quantitative estimate of drug-likeness (QED) is 0.924. The number of piperidine rings is 1. The van der Waals surface area contributed by atoms with Crippen LogP contribution in [0.5, 0.6) is 0 Å². The van der Waals surface area contributed by atoms with E-state index in [0.717, 1.165) is 24.9 Å². The second-order valence-corrected chi connectivity index (χ2v) is 6.67. The molecule has 1 atom stereocenters. The molecule has 1 aliphatic heterocycles. The number of likely N-dealkylation sites (tertiary alicyclic amines) is 1. The zero-order valence-corrected chi connectivity index (χ0v) is 13.5. The minimum atomic E-state index is -0.659. The lowest BCUT2D eigenvalue weighted by Gasteiger charge is -2.40. The Bertz CT molecular complexity index is 449. The van der Waals surface area contributed by atoms with Crippen molar-refractivity contribution in [1.29, 1.82) is 0 Å². The van der Waals surface area contributed by atoms with Crippen molar-refractivity contribution in [2.75, 3.05) is 33.7 Å². The van der Waals surface area contributed by atoms with Crippen molar-refractivity contribution in [2.45, 2.75) is 25.0 Å². The van der Waals surface area contributed by atoms with E-state index in [1.165, 1.54) is 0 Å². The normalized spacial score (nSPS) is 24.3. The van der Waals surface area contributed by atoms with Crippen molar-refractivity contribution in [1.82, 2.24) is 14.8 Å². The predicted molar refractivity (Wildman–Crippen MR) is 82.3 cm³/mol. The number of rotatable bonds is 4. The van der Waals surface area contributed by atoms with Crippen LogP contribution in [0.1, 0.15) is 18.4 Å². The predicted octanol–water partition coefficient (Wildman–Crippen LogP) is 2.28. The number of hydrogen-bond donors (Lipinski definition) is 1. The molecule has 1 aromatic heterocycles. The Labute approximate surface area is 130 Å². The first kappa shape index (κ1) is 16.0. The third kappa shape index (κ3) is 4.06. The van der Waals surface area contributed by atoms with Crippen molar-refractivity contribution in [2.24, 2.45) is 0 Å². The molecule has 1 saturated heterocycles. The summed E-state index contributed by atoms with van der Waals surface area (Å²) in [7, 11) is 3.96. The van der Waals surface area contributed by atoms with Crippen molar-refractivity contribution >= 4 is 23.2 Å². The number of hydrogen-bond acceptors (Lipinski definition) is 4. The van der Waals surface area contributed by atoms with Crippen LogP contribution in [0.25, 0.3) is 0 Å². The Morgan fingerprint density at radius 3 is 2.60 bits per heavy atom. The molecular formula is C14H21Cl2N3O. The van der Waals surface area contributed by atoms with Crippen LogP contribution in [-0.2, 0) is 6.54 Å². The Kier molecular flexibility index (Phi) is 5.26. The summed E-state index contributed by atoms with van der Waals surface area (Å²) in [5.74, 6) is 0. The Morgan fingerprint density at radius 1 is 1.35 bits per heavy atom. The van der Waals surface area contributed by atoms with E-state index in [1.807, 2.05) is 19.0 Å². The first-order valence-corrected chi connectivity index (χ1v) is 7.52. The number of halogens is 2. The van der Waals surface area contributed by atoms with Gasteiger partial charge in [-0.25, -0.2) is 0 Å². The molecule has 0 unspecified atom stereocenters. The average molecular weight is 318 g/mol. The van der Waals surface area contributed by atoms with E-state index in [0.29, 0.717) is 29.7 Å². The molecule has 2 heterocycles. The summed E-state index contributed by atoms with van der Waals surface area (Å²) >= 11 is 12.3. The summed E-state index contributed by atoms with van der Waals surface area (Å²) in [6, 6.07) is 0. The molecule has 112 valence electrons. The first-order valence-electron chi connectivity index (χ1n) is 6.77. The number of aliphatic hydroxyl groups is 1. The Morgan fingerprint density at radius 2 is 2.00 bits per heavy atom. The van der Waals surface area contributed by atoms with Crippen molar-refractivity contribution in [3.8, 4) is 0 Å². The highest BCUT2D eigenvalue weighted by Gasteiger charge is 2.33. The standard InChI is InChI=1S/C14H21Cl2N3O/c1-18(2)9-14(20)4-3-5-19(10-14)8-11-12(15)6-17-7-13(11)16/h6-7,20H,3-5,8-10H2,1-2H3/t14-/m0/s1. The molecule has 1 fully saturated rings. The minimum absolute atomic E-state index is 0.583. The maximum absolute atomic E-state index is 10.7. The first-order chi connectivity index (χ1) is 9.39. The molecule has 0 amide bonds. The van der Waals surface area contributed by atoms with Gasteiger partial charge in [-0.15, -0.1) is 0 Å². The van der Waals surface area contributed by atoms with Gasteiger partial charge >= 0.3 is 0 Å². The average Bonchev–Trinajstić information content (AvgIpc) is 2.32. The third-order valence-corrected chi connectivity index (χ3v) is 4.23. The number of β-amino-alcohol motifs (C(OH)–C–C–N with tert-alkyl or cyclic N) is 1. The number of pyridine rings is 1. The zero-order valence-electron chi connectivity index (χ0n) is 11.9. The van der Waals surface area contributed by atoms with Crippen LogP contribution >= 0.6 is 23.2 Å². The molecule has 1 N–H and O–H groups in total. The van der Waals surface area contributed by atoms with Crippen LogP contribution in [0.3, 0.4) is 0 Å². The summed E-state index contributed by atoms with van der Waals surface area (Å²) in [5.41, 5.74) is 0.228. The lowest BCUT2D eigenvalue weighted by atomic mass is 9.92. The maximum Gasteiger partial charge on any atom is 0.0900 e. The highest BCUT2D eigenvalue weighted by molar-refractivity contribution is 6.35. The molecule has 0 saturated carbocycles. The minimum Gasteiger partial charge on any atom is -0.387 e. The smallest absolute Gasteiger partial charge is 0.0900 e. The van der Waals surface area contributed by atoms with Crippen LogP contribution in [-0.4, -0.2) is 59.2 Å². The van der Waals surface area contributed by atoms with Crippen molar-refractivity contribution in [3.05, 3.63) is 28.0 Å². The summed E-state index contributed by atoms with van der Waals surface area (Å²) in [5, 5.41) is 11.8. The fraction of sp³-hybridized carbons (Fsp3) is 0.643. The fourth-order valence-corrected chi connectivity index (χ4v) is 3.36. The van der Waals surface area contributed by atoms with E-state index in [1.54, 1.807) is 12.4 Å². The summed E-state index contributed by atoms with van der Waals surface area (Å²) in [4.78, 5) is 8.20. The molecule has 0 aliphatic carbocycles. The lowest BCUT2D eigenvalue weighted by Crippen LogP contribution is -2.52. The van der Waals surface area contributed by atoms with Gasteiger partial charge in [-0.3, -0.25) is 9.88 Å². The van der Waals surface area contributed by atoms with Gasteiger partial charge in [0.2, 0.25) is 0 Å². The number of likely N-dealkylation sites (N-methyl/N-ethyl adjacent to an activating group) is 1. The van der Waals surface area contributed by atoms with Crippen molar-refractivity contribution in [3.63, 3.8) is 0 Å². The van der Waals surface area contributed by atoms with Gasteiger partial charge in [0.15, 0.2) is 0 Å². The highest BCUT2D eigenvalue weighted by atomic mass is 35.5. The van der Waals surface area contributed by atoms with Crippen LogP contribution in [0.4, 0.5) is 0 Å². The molecular weight excluding hydrogens is 297 g/mol. The van der Waals surface area contributed by atoms with E-state index in [4.69, 9.17) is 23.2 Å². The second kappa shape index (κ2) is 6.58. The topological polar surface area (TPSA) is 39.6 Å². The van der Waals surface area contributed by atoms with Gasteiger partial charge in [0.1, 0.15) is 0 Å². The van der Waals surface area contributed by atoms with Crippen LogP contribution < -0.4 is 0 Å². The van der Waals surface area contributed by atoms with E-state index < -0.39 is 5.60 Å². The van der Waals surface area contributed by atoms with Gasteiger partial charge in [-0.1, -0.05) is 23.2 Å². The summed E-state index contributed by atoms with van der Waals surface area (Å²) in [6.07, 6.45) is 5.03. The van der Waals surface area contributed by atoms with Crippen LogP contribution in [0.15, 0.2) is 12.4 Å². The molecule has 2 rings (SSSR count). The van der Waals surface area contributed by atoms with Gasteiger partial charge in [0.25, 0.3) is 0 Å². The van der Waals surface area contributed by atoms with Crippen molar-refractivity contribution < 1.29 is 5.11 Å². The van der Waals surface area contributed by atoms with E-state index in [-0.39, 0.29) is 0 Å². The van der Waals surface area contributed by atoms with Gasteiger partial charge < -0.3 is 10.0 Å². The molecule has 20 heavy (non-hydrogen) atoms. The third-order valence-electron chi connectivity index (χ3n) is 3.58. The van der Waals surface area contributed by atoms with Gasteiger partial charge in [-0.2, -0.15) is 0 Å².